The van der Waals surface area contributed by atoms with Crippen LogP contribution in [0.5, 0.6) is 0 Å². The molecule has 19 heavy (non-hydrogen) atoms. The Morgan fingerprint density at radius 1 is 1.00 bits per heavy atom. The number of benzene rings is 1. The van der Waals surface area contributed by atoms with Gasteiger partial charge >= 0.3 is 0 Å². The first-order valence-corrected chi connectivity index (χ1v) is 6.24. The lowest BCUT2D eigenvalue weighted by Crippen LogP contribution is -2.01. The summed E-state index contributed by atoms with van der Waals surface area (Å²) in [6.45, 7) is 0. The largest absolute Gasteiger partial charge is 0.388 e. The Balaban J connectivity index is 1.87. The molecule has 0 amide bonds. The van der Waals surface area contributed by atoms with Crippen molar-refractivity contribution in [1.29, 1.82) is 0 Å². The van der Waals surface area contributed by atoms with E-state index in [0.717, 1.165) is 22.0 Å². The predicted molar refractivity (Wildman–Crippen MR) is 74.6 cm³/mol. The maximum Gasteiger partial charge on any atom is 0.0830 e. The number of fused-ring (bicyclic) bond motifs is 1. The molecule has 0 saturated heterocycles. The molecule has 3 rings (SSSR count). The van der Waals surface area contributed by atoms with Gasteiger partial charge in [0.25, 0.3) is 0 Å². The number of hydrogen-bond donors (Lipinski definition) is 1. The summed E-state index contributed by atoms with van der Waals surface area (Å²) in [5.41, 5.74) is 2.94. The van der Waals surface area contributed by atoms with Gasteiger partial charge in [-0.05, 0) is 41.5 Å². The van der Waals surface area contributed by atoms with Crippen LogP contribution in [0.25, 0.3) is 10.9 Å². The normalized spacial score (nSPS) is 12.5. The van der Waals surface area contributed by atoms with Crippen LogP contribution < -0.4 is 0 Å². The Labute approximate surface area is 111 Å². The molecule has 0 aliphatic rings. The lowest BCUT2D eigenvalue weighted by molar-refractivity contribution is 0.178. The lowest BCUT2D eigenvalue weighted by atomic mass is 10.0. The van der Waals surface area contributed by atoms with Crippen molar-refractivity contribution in [3.8, 4) is 0 Å². The number of aliphatic hydroxyl groups is 1. The molecule has 3 nitrogen and oxygen atoms in total. The number of aliphatic hydroxyl groups excluding tert-OH is 1. The van der Waals surface area contributed by atoms with Crippen LogP contribution in [-0.4, -0.2) is 15.1 Å². The van der Waals surface area contributed by atoms with Crippen LogP contribution in [0.1, 0.15) is 17.2 Å². The van der Waals surface area contributed by atoms with Crippen molar-refractivity contribution in [2.45, 2.75) is 12.5 Å². The minimum atomic E-state index is -0.507. The standard InChI is InChI=1S/C16H14N2O/c19-16(10-12-5-8-17-9-6-12)14-3-4-15-13(11-14)2-1-7-18-15/h1-9,11,16,19H,10H2. The summed E-state index contributed by atoms with van der Waals surface area (Å²) in [4.78, 5) is 8.25. The zero-order valence-corrected chi connectivity index (χ0v) is 10.4. The molecule has 1 aromatic carbocycles. The smallest absolute Gasteiger partial charge is 0.0830 e. The molecule has 0 spiro atoms. The van der Waals surface area contributed by atoms with E-state index in [-0.39, 0.29) is 0 Å². The molecule has 0 saturated carbocycles. The van der Waals surface area contributed by atoms with Gasteiger partial charge in [-0.1, -0.05) is 12.1 Å². The zero-order chi connectivity index (χ0) is 13.1. The highest BCUT2D eigenvalue weighted by molar-refractivity contribution is 5.79. The highest BCUT2D eigenvalue weighted by atomic mass is 16.3. The van der Waals surface area contributed by atoms with Crippen LogP contribution in [0.3, 0.4) is 0 Å². The van der Waals surface area contributed by atoms with Crippen molar-refractivity contribution in [3.05, 3.63) is 72.2 Å². The second kappa shape index (κ2) is 5.16. The van der Waals surface area contributed by atoms with Crippen LogP contribution in [0, 0.1) is 0 Å². The molecular weight excluding hydrogens is 236 g/mol. The van der Waals surface area contributed by atoms with Gasteiger partial charge in [0.1, 0.15) is 0 Å². The van der Waals surface area contributed by atoms with Crippen molar-refractivity contribution in [3.63, 3.8) is 0 Å². The summed E-state index contributed by atoms with van der Waals surface area (Å²) in [6, 6.07) is 13.6. The number of hydrogen-bond acceptors (Lipinski definition) is 3. The minimum Gasteiger partial charge on any atom is -0.388 e. The van der Waals surface area contributed by atoms with E-state index in [2.05, 4.69) is 9.97 Å². The van der Waals surface area contributed by atoms with Gasteiger partial charge < -0.3 is 5.11 Å². The lowest BCUT2D eigenvalue weighted by Gasteiger charge is -2.11. The molecule has 0 radical (unpaired) electrons. The summed E-state index contributed by atoms with van der Waals surface area (Å²) in [7, 11) is 0. The minimum absolute atomic E-state index is 0.507. The Hall–Kier alpha value is -2.26. The van der Waals surface area contributed by atoms with Crippen molar-refractivity contribution in [2.75, 3.05) is 0 Å². The van der Waals surface area contributed by atoms with Gasteiger partial charge in [-0.25, -0.2) is 0 Å². The molecule has 0 bridgehead atoms. The fourth-order valence-corrected chi connectivity index (χ4v) is 2.16. The van der Waals surface area contributed by atoms with Gasteiger partial charge in [0.05, 0.1) is 11.6 Å². The topological polar surface area (TPSA) is 46.0 Å². The summed E-state index contributed by atoms with van der Waals surface area (Å²) in [6.07, 6.45) is 5.34. The molecule has 1 N–H and O–H groups in total. The second-order valence-electron chi connectivity index (χ2n) is 4.53. The highest BCUT2D eigenvalue weighted by Gasteiger charge is 2.09. The Kier molecular flexibility index (Phi) is 3.21. The van der Waals surface area contributed by atoms with E-state index < -0.39 is 6.10 Å². The molecule has 3 aromatic rings. The second-order valence-corrected chi connectivity index (χ2v) is 4.53. The fourth-order valence-electron chi connectivity index (χ4n) is 2.16. The summed E-state index contributed by atoms with van der Waals surface area (Å²) in [5.74, 6) is 0. The number of rotatable bonds is 3. The Bertz CT molecular complexity index is 682. The van der Waals surface area contributed by atoms with Gasteiger partial charge in [-0.2, -0.15) is 0 Å². The average molecular weight is 250 g/mol. The number of nitrogens with zero attached hydrogens (tertiary/aromatic N) is 2. The molecular formula is C16H14N2O. The van der Waals surface area contributed by atoms with E-state index in [1.54, 1.807) is 18.6 Å². The van der Waals surface area contributed by atoms with Crippen LogP contribution in [0.2, 0.25) is 0 Å². The van der Waals surface area contributed by atoms with Gasteiger partial charge in [0.15, 0.2) is 0 Å². The molecule has 0 aliphatic heterocycles. The van der Waals surface area contributed by atoms with Crippen LogP contribution in [0.4, 0.5) is 0 Å². The van der Waals surface area contributed by atoms with Crippen molar-refractivity contribution in [1.82, 2.24) is 9.97 Å². The number of aromatic nitrogens is 2. The highest BCUT2D eigenvalue weighted by Crippen LogP contribution is 2.21. The van der Waals surface area contributed by atoms with E-state index in [9.17, 15) is 5.11 Å². The molecule has 94 valence electrons. The summed E-state index contributed by atoms with van der Waals surface area (Å²) >= 11 is 0. The Morgan fingerprint density at radius 3 is 2.68 bits per heavy atom. The molecule has 2 heterocycles. The monoisotopic (exact) mass is 250 g/mol. The van der Waals surface area contributed by atoms with E-state index in [0.29, 0.717) is 6.42 Å². The molecule has 1 unspecified atom stereocenters. The third kappa shape index (κ3) is 2.61. The number of pyridine rings is 2. The first kappa shape index (κ1) is 11.8. The van der Waals surface area contributed by atoms with E-state index in [1.807, 2.05) is 42.5 Å². The van der Waals surface area contributed by atoms with E-state index in [4.69, 9.17) is 0 Å². The summed E-state index contributed by atoms with van der Waals surface area (Å²) in [5, 5.41) is 11.3. The van der Waals surface area contributed by atoms with Crippen molar-refractivity contribution < 1.29 is 5.11 Å². The van der Waals surface area contributed by atoms with Gasteiger partial charge in [-0.15, -0.1) is 0 Å². The first-order valence-electron chi connectivity index (χ1n) is 6.24. The fraction of sp³-hybridized carbons (Fsp3) is 0.125. The first-order chi connectivity index (χ1) is 9.33. The van der Waals surface area contributed by atoms with Gasteiger partial charge in [0, 0.05) is 30.4 Å². The predicted octanol–water partition coefficient (Wildman–Crippen LogP) is 2.91. The maximum atomic E-state index is 10.3. The van der Waals surface area contributed by atoms with Crippen LogP contribution in [0.15, 0.2) is 61.1 Å². The van der Waals surface area contributed by atoms with E-state index in [1.165, 1.54) is 0 Å². The van der Waals surface area contributed by atoms with Crippen molar-refractivity contribution >= 4 is 10.9 Å². The molecule has 3 heteroatoms. The van der Waals surface area contributed by atoms with Gasteiger partial charge in [-0.3, -0.25) is 9.97 Å². The Morgan fingerprint density at radius 2 is 1.84 bits per heavy atom. The quantitative estimate of drug-likeness (QED) is 0.777. The molecule has 0 fully saturated rings. The molecule has 2 aromatic heterocycles. The third-order valence-electron chi connectivity index (χ3n) is 3.19. The van der Waals surface area contributed by atoms with Gasteiger partial charge in [0.2, 0.25) is 0 Å². The van der Waals surface area contributed by atoms with E-state index >= 15 is 0 Å². The average Bonchev–Trinajstić information content (AvgIpc) is 2.48. The summed E-state index contributed by atoms with van der Waals surface area (Å²) < 4.78 is 0. The van der Waals surface area contributed by atoms with Crippen molar-refractivity contribution in [2.24, 2.45) is 0 Å². The molecule has 1 atom stereocenters. The zero-order valence-electron chi connectivity index (χ0n) is 10.4. The maximum absolute atomic E-state index is 10.3. The van der Waals surface area contributed by atoms with Crippen LogP contribution >= 0.6 is 0 Å². The third-order valence-corrected chi connectivity index (χ3v) is 3.19. The van der Waals surface area contributed by atoms with Crippen LogP contribution in [-0.2, 0) is 6.42 Å². The SMILES string of the molecule is OC(Cc1ccncc1)c1ccc2ncccc2c1. The molecule has 0 aliphatic carbocycles.